The van der Waals surface area contributed by atoms with Crippen molar-refractivity contribution in [3.05, 3.63) is 58.1 Å². The quantitative estimate of drug-likeness (QED) is 0.712. The number of rotatable bonds is 7. The third-order valence-electron chi connectivity index (χ3n) is 3.77. The fraction of sp³-hybridized carbons (Fsp3) is 0.278. The predicted octanol–water partition coefficient (Wildman–Crippen LogP) is 3.63. The van der Waals surface area contributed by atoms with Gasteiger partial charge in [0.1, 0.15) is 0 Å². The third-order valence-corrected chi connectivity index (χ3v) is 5.78. The van der Waals surface area contributed by atoms with Crippen molar-refractivity contribution in [3.8, 4) is 0 Å². The van der Waals surface area contributed by atoms with Crippen LogP contribution >= 0.6 is 15.9 Å². The summed E-state index contributed by atoms with van der Waals surface area (Å²) >= 11 is 3.26. The van der Waals surface area contributed by atoms with Gasteiger partial charge in [-0.1, -0.05) is 41.1 Å². The maximum Gasteiger partial charge on any atom is 0.240 e. The first-order chi connectivity index (χ1) is 11.8. The zero-order valence-electron chi connectivity index (χ0n) is 14.2. The zero-order valence-corrected chi connectivity index (χ0v) is 16.6. The van der Waals surface area contributed by atoms with Crippen LogP contribution in [0.4, 0.5) is 5.69 Å². The van der Waals surface area contributed by atoms with Gasteiger partial charge in [-0.3, -0.25) is 4.79 Å². The average Bonchev–Trinajstić information content (AvgIpc) is 2.57. The lowest BCUT2D eigenvalue weighted by Gasteiger charge is -2.13. The molecule has 0 radical (unpaired) electrons. The monoisotopic (exact) mass is 424 g/mol. The van der Waals surface area contributed by atoms with Crippen LogP contribution < -0.4 is 10.0 Å². The van der Waals surface area contributed by atoms with E-state index in [2.05, 4.69) is 26.0 Å². The molecule has 0 unspecified atom stereocenters. The van der Waals surface area contributed by atoms with Gasteiger partial charge in [-0.05, 0) is 48.7 Å². The molecule has 0 aliphatic heterocycles. The van der Waals surface area contributed by atoms with E-state index in [1.165, 1.54) is 12.1 Å². The van der Waals surface area contributed by atoms with Crippen molar-refractivity contribution < 1.29 is 13.2 Å². The Morgan fingerprint density at radius 1 is 1.12 bits per heavy atom. The predicted molar refractivity (Wildman–Crippen MR) is 103 cm³/mol. The van der Waals surface area contributed by atoms with E-state index in [0.717, 1.165) is 27.7 Å². The Morgan fingerprint density at radius 2 is 1.80 bits per heavy atom. The number of halogens is 1. The summed E-state index contributed by atoms with van der Waals surface area (Å²) in [6, 6.07) is 12.2. The third kappa shape index (κ3) is 5.39. The molecule has 0 saturated heterocycles. The zero-order chi connectivity index (χ0) is 18.4. The Morgan fingerprint density at radius 3 is 2.44 bits per heavy atom. The molecule has 0 aromatic heterocycles. The largest absolute Gasteiger partial charge is 0.326 e. The lowest BCUT2D eigenvalue weighted by Crippen LogP contribution is -2.28. The number of hydrogen-bond donors (Lipinski definition) is 2. The fourth-order valence-electron chi connectivity index (χ4n) is 2.40. The maximum absolute atomic E-state index is 12.2. The Kier molecular flexibility index (Phi) is 6.75. The van der Waals surface area contributed by atoms with Crippen molar-refractivity contribution in [1.82, 2.24) is 4.72 Å². The van der Waals surface area contributed by atoms with Gasteiger partial charge in [0.05, 0.1) is 4.90 Å². The van der Waals surface area contributed by atoms with Gasteiger partial charge in [0.25, 0.3) is 0 Å². The van der Waals surface area contributed by atoms with E-state index in [0.29, 0.717) is 0 Å². The molecule has 2 N–H and O–H groups in total. The first-order valence-electron chi connectivity index (χ1n) is 7.97. The highest BCUT2D eigenvalue weighted by atomic mass is 79.9. The molecule has 2 rings (SSSR count). The van der Waals surface area contributed by atoms with Gasteiger partial charge in [0.15, 0.2) is 0 Å². The van der Waals surface area contributed by atoms with Gasteiger partial charge in [-0.2, -0.15) is 0 Å². The minimum absolute atomic E-state index is 0.0393. The van der Waals surface area contributed by atoms with Gasteiger partial charge in [-0.25, -0.2) is 13.1 Å². The van der Waals surface area contributed by atoms with Crippen LogP contribution in [-0.4, -0.2) is 20.9 Å². The van der Waals surface area contributed by atoms with Crippen LogP contribution in [0.5, 0.6) is 0 Å². The number of amides is 1. The Bertz CT molecular complexity index is 849. The van der Waals surface area contributed by atoms with Gasteiger partial charge in [-0.15, -0.1) is 0 Å². The summed E-state index contributed by atoms with van der Waals surface area (Å²) < 4.78 is 27.6. The van der Waals surface area contributed by atoms with Crippen molar-refractivity contribution in [2.24, 2.45) is 0 Å². The first kappa shape index (κ1) is 19.6. The number of sulfonamides is 1. The Balaban J connectivity index is 1.94. The summed E-state index contributed by atoms with van der Waals surface area (Å²) in [4.78, 5) is 12.3. The molecule has 0 heterocycles. The first-order valence-corrected chi connectivity index (χ1v) is 10.2. The SMILES string of the molecule is CCc1cccc(C)c1NC(=O)CCNS(=O)(=O)c1ccc(Br)cc1. The van der Waals surface area contributed by atoms with Crippen LogP contribution in [0.1, 0.15) is 24.5 Å². The van der Waals surface area contributed by atoms with Crippen LogP contribution in [0.2, 0.25) is 0 Å². The number of nitrogens with one attached hydrogen (secondary N) is 2. The standard InChI is InChI=1S/C18H21BrN2O3S/c1-3-14-6-4-5-13(2)18(14)21-17(22)11-12-20-25(23,24)16-9-7-15(19)8-10-16/h4-10,20H,3,11-12H2,1-2H3,(H,21,22). The minimum atomic E-state index is -3.62. The molecule has 0 bridgehead atoms. The average molecular weight is 425 g/mol. The summed E-state index contributed by atoms with van der Waals surface area (Å²) in [6.07, 6.45) is 0.876. The molecule has 7 heteroatoms. The Labute approximate surface area is 157 Å². The van der Waals surface area contributed by atoms with E-state index in [1.54, 1.807) is 12.1 Å². The number of anilines is 1. The van der Waals surface area contributed by atoms with E-state index < -0.39 is 10.0 Å². The van der Waals surface area contributed by atoms with Crippen LogP contribution in [0, 0.1) is 6.92 Å². The molecule has 0 aliphatic rings. The molecule has 2 aromatic rings. The normalized spacial score (nSPS) is 11.3. The van der Waals surface area contributed by atoms with Crippen LogP contribution in [0.3, 0.4) is 0 Å². The number of carbonyl (C=O) groups is 1. The highest BCUT2D eigenvalue weighted by Crippen LogP contribution is 2.21. The van der Waals surface area contributed by atoms with E-state index in [-0.39, 0.29) is 23.8 Å². The molecule has 1 amide bonds. The molecule has 5 nitrogen and oxygen atoms in total. The second kappa shape index (κ2) is 8.60. The molecule has 2 aromatic carbocycles. The van der Waals surface area contributed by atoms with Gasteiger partial charge < -0.3 is 5.32 Å². The minimum Gasteiger partial charge on any atom is -0.326 e. The second-order valence-electron chi connectivity index (χ2n) is 5.61. The van der Waals surface area contributed by atoms with Gasteiger partial charge in [0, 0.05) is 23.1 Å². The summed E-state index contributed by atoms with van der Waals surface area (Å²) in [5.41, 5.74) is 2.86. The molecule has 134 valence electrons. The lowest BCUT2D eigenvalue weighted by atomic mass is 10.1. The smallest absolute Gasteiger partial charge is 0.240 e. The number of para-hydroxylation sites is 1. The van der Waals surface area contributed by atoms with Crippen LogP contribution in [0.15, 0.2) is 51.8 Å². The summed E-state index contributed by atoms with van der Waals surface area (Å²) in [7, 11) is -3.62. The molecular weight excluding hydrogens is 404 g/mol. The van der Waals surface area contributed by atoms with Crippen molar-refractivity contribution in [2.75, 3.05) is 11.9 Å². The highest BCUT2D eigenvalue weighted by molar-refractivity contribution is 9.10. The summed E-state index contributed by atoms with van der Waals surface area (Å²) in [5, 5.41) is 2.88. The molecule has 0 saturated carbocycles. The number of hydrogen-bond acceptors (Lipinski definition) is 3. The van der Waals surface area contributed by atoms with Crippen molar-refractivity contribution in [2.45, 2.75) is 31.6 Å². The fourth-order valence-corrected chi connectivity index (χ4v) is 3.70. The molecule has 0 fully saturated rings. The van der Waals surface area contributed by atoms with Gasteiger partial charge in [0.2, 0.25) is 15.9 Å². The molecule has 25 heavy (non-hydrogen) atoms. The van der Waals surface area contributed by atoms with E-state index in [4.69, 9.17) is 0 Å². The number of aryl methyl sites for hydroxylation is 2. The van der Waals surface area contributed by atoms with Crippen molar-refractivity contribution >= 4 is 37.5 Å². The molecule has 0 spiro atoms. The summed E-state index contributed by atoms with van der Waals surface area (Å²) in [6.45, 7) is 4.00. The van der Waals surface area contributed by atoms with E-state index >= 15 is 0 Å². The van der Waals surface area contributed by atoms with Crippen molar-refractivity contribution in [1.29, 1.82) is 0 Å². The molecule has 0 aliphatic carbocycles. The maximum atomic E-state index is 12.2. The number of carbonyl (C=O) groups excluding carboxylic acids is 1. The van der Waals surface area contributed by atoms with Crippen LogP contribution in [-0.2, 0) is 21.2 Å². The topological polar surface area (TPSA) is 75.3 Å². The second-order valence-corrected chi connectivity index (χ2v) is 8.30. The van der Waals surface area contributed by atoms with E-state index in [9.17, 15) is 13.2 Å². The highest BCUT2D eigenvalue weighted by Gasteiger charge is 2.14. The Hall–Kier alpha value is -1.70. The van der Waals surface area contributed by atoms with Crippen LogP contribution in [0.25, 0.3) is 0 Å². The van der Waals surface area contributed by atoms with E-state index in [1.807, 2.05) is 32.0 Å². The molecular formula is C18H21BrN2O3S. The number of benzene rings is 2. The lowest BCUT2D eigenvalue weighted by molar-refractivity contribution is -0.116. The van der Waals surface area contributed by atoms with Crippen molar-refractivity contribution in [3.63, 3.8) is 0 Å². The molecule has 0 atom stereocenters. The summed E-state index contributed by atoms with van der Waals surface area (Å²) in [5.74, 6) is -0.220. The van der Waals surface area contributed by atoms with Gasteiger partial charge >= 0.3 is 0 Å².